The molecule has 190 valence electrons. The van der Waals surface area contributed by atoms with Crippen LogP contribution in [0, 0.1) is 10.8 Å². The lowest BCUT2D eigenvalue weighted by atomic mass is 10.0. The Bertz CT molecular complexity index is 1410. The van der Waals surface area contributed by atoms with Crippen molar-refractivity contribution in [2.24, 2.45) is 11.5 Å². The molecule has 38 heavy (non-hydrogen) atoms. The van der Waals surface area contributed by atoms with Crippen molar-refractivity contribution in [3.8, 4) is 22.3 Å². The van der Waals surface area contributed by atoms with Crippen LogP contribution in [0.5, 0.6) is 0 Å². The van der Waals surface area contributed by atoms with Crippen molar-refractivity contribution in [3.05, 3.63) is 119 Å². The van der Waals surface area contributed by atoms with Gasteiger partial charge in [-0.15, -0.1) is 0 Å². The molecular weight excluding hydrogens is 476 g/mol. The molecule has 0 aliphatic rings. The van der Waals surface area contributed by atoms with E-state index in [0.29, 0.717) is 22.3 Å². The zero-order valence-corrected chi connectivity index (χ0v) is 20.6. The van der Waals surface area contributed by atoms with Crippen LogP contribution in [-0.4, -0.2) is 36.6 Å². The van der Waals surface area contributed by atoms with E-state index < -0.39 is 0 Å². The summed E-state index contributed by atoms with van der Waals surface area (Å²) in [7, 11) is 0. The summed E-state index contributed by atoms with van der Waals surface area (Å²) in [4.78, 5) is 25.4. The Morgan fingerprint density at radius 3 is 1.13 bits per heavy atom. The molecule has 8 heteroatoms. The van der Waals surface area contributed by atoms with Crippen LogP contribution in [0.3, 0.4) is 0 Å². The molecule has 0 radical (unpaired) electrons. The molecule has 8 nitrogen and oxygen atoms in total. The summed E-state index contributed by atoms with van der Waals surface area (Å²) < 4.78 is 0. The van der Waals surface area contributed by atoms with E-state index in [-0.39, 0.29) is 36.6 Å². The number of benzene rings is 4. The molecule has 4 aromatic rings. The highest BCUT2D eigenvalue weighted by Gasteiger charge is 2.10. The van der Waals surface area contributed by atoms with E-state index in [1.165, 1.54) is 0 Å². The van der Waals surface area contributed by atoms with Gasteiger partial charge in [0.05, 0.1) is 0 Å². The molecule has 0 aromatic heterocycles. The Hall–Kier alpha value is -5.24. The van der Waals surface area contributed by atoms with Gasteiger partial charge in [0, 0.05) is 35.3 Å². The van der Waals surface area contributed by atoms with E-state index >= 15 is 0 Å². The second-order valence-corrected chi connectivity index (χ2v) is 8.66. The summed E-state index contributed by atoms with van der Waals surface area (Å²) in [5, 5.41) is 20.9. The van der Waals surface area contributed by atoms with Crippen molar-refractivity contribution >= 4 is 23.5 Å². The summed E-state index contributed by atoms with van der Waals surface area (Å²) in [6, 6.07) is 28.9. The Morgan fingerprint density at radius 2 is 0.816 bits per heavy atom. The Labute approximate surface area is 220 Å². The van der Waals surface area contributed by atoms with Gasteiger partial charge in [0.15, 0.2) is 0 Å². The third kappa shape index (κ3) is 6.30. The number of carbonyl (C=O) groups is 2. The predicted molar refractivity (Wildman–Crippen MR) is 150 cm³/mol. The number of amidine groups is 2. The van der Waals surface area contributed by atoms with Gasteiger partial charge in [-0.25, -0.2) is 0 Å². The molecule has 0 unspecified atom stereocenters. The average Bonchev–Trinajstić information content (AvgIpc) is 2.95. The van der Waals surface area contributed by atoms with Crippen LogP contribution in [0.2, 0.25) is 0 Å². The normalized spacial score (nSPS) is 10.4. The molecule has 0 heterocycles. The fraction of sp³-hybridized carbons (Fsp3) is 0.0667. The van der Waals surface area contributed by atoms with Crippen LogP contribution in [-0.2, 0) is 0 Å². The van der Waals surface area contributed by atoms with Gasteiger partial charge in [0.2, 0.25) is 0 Å². The van der Waals surface area contributed by atoms with Gasteiger partial charge < -0.3 is 22.1 Å². The third-order valence-corrected chi connectivity index (χ3v) is 5.96. The van der Waals surface area contributed by atoms with E-state index in [1.54, 1.807) is 48.5 Å². The molecule has 2 amide bonds. The fourth-order valence-corrected chi connectivity index (χ4v) is 3.97. The summed E-state index contributed by atoms with van der Waals surface area (Å²) in [6.07, 6.45) is 0. The minimum Gasteiger partial charge on any atom is -0.384 e. The van der Waals surface area contributed by atoms with Gasteiger partial charge >= 0.3 is 0 Å². The van der Waals surface area contributed by atoms with Crippen molar-refractivity contribution in [1.29, 1.82) is 10.8 Å². The van der Waals surface area contributed by atoms with Crippen LogP contribution >= 0.6 is 0 Å². The molecule has 0 aliphatic carbocycles. The Morgan fingerprint density at radius 1 is 0.526 bits per heavy atom. The van der Waals surface area contributed by atoms with E-state index in [9.17, 15) is 9.59 Å². The van der Waals surface area contributed by atoms with Gasteiger partial charge in [-0.2, -0.15) is 0 Å². The lowest BCUT2D eigenvalue weighted by Gasteiger charge is -2.10. The maximum atomic E-state index is 12.7. The van der Waals surface area contributed by atoms with Crippen LogP contribution in [0.15, 0.2) is 97.1 Å². The van der Waals surface area contributed by atoms with E-state index in [2.05, 4.69) is 10.6 Å². The van der Waals surface area contributed by atoms with E-state index in [4.69, 9.17) is 22.3 Å². The average molecular weight is 505 g/mol. The molecule has 0 aliphatic heterocycles. The standard InChI is InChI=1S/C30H28N6O2/c31-27(32)23-9-1-5-19(15-23)21-7-3-11-25(17-21)29(37)35-13-14-36-30(38)26-12-4-8-22(18-26)20-6-2-10-24(16-20)28(33)34/h1-12,15-18H,13-14H2,(H3,31,32)(H3,33,34)(H,35,37)(H,36,38). The quantitative estimate of drug-likeness (QED) is 0.116. The maximum Gasteiger partial charge on any atom is 0.251 e. The molecule has 4 aromatic carbocycles. The fourth-order valence-electron chi connectivity index (χ4n) is 3.97. The molecule has 4 rings (SSSR count). The summed E-state index contributed by atoms with van der Waals surface area (Å²) >= 11 is 0. The number of nitrogen functional groups attached to an aromatic ring is 2. The number of rotatable bonds is 9. The number of carbonyl (C=O) groups excluding carboxylic acids is 2. The minimum absolute atomic E-state index is 0.0169. The van der Waals surface area contributed by atoms with E-state index in [0.717, 1.165) is 22.3 Å². The zero-order valence-electron chi connectivity index (χ0n) is 20.6. The second kappa shape index (κ2) is 11.7. The molecule has 0 saturated heterocycles. The second-order valence-electron chi connectivity index (χ2n) is 8.66. The van der Waals surface area contributed by atoms with Crippen LogP contribution < -0.4 is 22.1 Å². The Balaban J connectivity index is 1.33. The first-order valence-electron chi connectivity index (χ1n) is 12.0. The highest BCUT2D eigenvalue weighted by Crippen LogP contribution is 2.23. The monoisotopic (exact) mass is 504 g/mol. The van der Waals surface area contributed by atoms with Gasteiger partial charge in [0.25, 0.3) is 11.8 Å². The molecule has 0 fully saturated rings. The summed E-state index contributed by atoms with van der Waals surface area (Å²) in [5.74, 6) is -0.541. The first kappa shape index (κ1) is 25.8. The van der Waals surface area contributed by atoms with Gasteiger partial charge in [-0.3, -0.25) is 20.4 Å². The SMILES string of the molecule is N=C(N)c1cccc(-c2cccc(C(=O)NCCNC(=O)c3cccc(-c4cccc(C(=N)N)c4)c3)c2)c1. The number of nitrogens with one attached hydrogen (secondary N) is 4. The maximum absolute atomic E-state index is 12.7. The molecule has 0 spiro atoms. The van der Waals surface area contributed by atoms with E-state index in [1.807, 2.05) is 48.5 Å². The topological polar surface area (TPSA) is 158 Å². The number of hydrogen-bond donors (Lipinski definition) is 6. The lowest BCUT2D eigenvalue weighted by Crippen LogP contribution is -2.34. The summed E-state index contributed by atoms with van der Waals surface area (Å²) in [6.45, 7) is 0.518. The number of amides is 2. The van der Waals surface area contributed by atoms with Crippen LogP contribution in [0.25, 0.3) is 22.3 Å². The largest absolute Gasteiger partial charge is 0.384 e. The molecular formula is C30H28N6O2. The third-order valence-electron chi connectivity index (χ3n) is 5.96. The minimum atomic E-state index is -0.254. The highest BCUT2D eigenvalue weighted by atomic mass is 16.2. The van der Waals surface area contributed by atoms with Crippen molar-refractivity contribution in [1.82, 2.24) is 10.6 Å². The van der Waals surface area contributed by atoms with Crippen molar-refractivity contribution in [2.75, 3.05) is 13.1 Å². The lowest BCUT2D eigenvalue weighted by molar-refractivity contribution is 0.0927. The first-order valence-corrected chi connectivity index (χ1v) is 12.0. The van der Waals surface area contributed by atoms with Gasteiger partial charge in [-0.1, -0.05) is 60.7 Å². The van der Waals surface area contributed by atoms with Gasteiger partial charge in [-0.05, 0) is 58.7 Å². The first-order chi connectivity index (χ1) is 18.3. The van der Waals surface area contributed by atoms with Gasteiger partial charge in [0.1, 0.15) is 11.7 Å². The summed E-state index contributed by atoms with van der Waals surface area (Å²) in [5.41, 5.74) is 16.8. The highest BCUT2D eigenvalue weighted by molar-refractivity contribution is 5.98. The number of nitrogens with two attached hydrogens (primary N) is 2. The van der Waals surface area contributed by atoms with Crippen LogP contribution in [0.1, 0.15) is 31.8 Å². The molecule has 0 saturated carbocycles. The molecule has 0 bridgehead atoms. The predicted octanol–water partition coefficient (Wildman–Crippen LogP) is 3.75. The van der Waals surface area contributed by atoms with Crippen molar-refractivity contribution < 1.29 is 9.59 Å². The zero-order chi connectivity index (χ0) is 27.1. The number of hydrogen-bond acceptors (Lipinski definition) is 4. The molecule has 8 N–H and O–H groups in total. The van der Waals surface area contributed by atoms with Crippen molar-refractivity contribution in [2.45, 2.75) is 0 Å². The smallest absolute Gasteiger partial charge is 0.251 e. The Kier molecular flexibility index (Phi) is 7.93. The molecule has 0 atom stereocenters. The van der Waals surface area contributed by atoms with Crippen molar-refractivity contribution in [3.63, 3.8) is 0 Å². The van der Waals surface area contributed by atoms with Crippen LogP contribution in [0.4, 0.5) is 0 Å².